The van der Waals surface area contributed by atoms with Gasteiger partial charge in [-0.15, -0.1) is 0 Å². The van der Waals surface area contributed by atoms with Crippen LogP contribution in [0.5, 0.6) is 5.75 Å². The first-order valence-electron chi connectivity index (χ1n) is 13.7. The van der Waals surface area contributed by atoms with Crippen LogP contribution >= 0.6 is 0 Å². The van der Waals surface area contributed by atoms with Gasteiger partial charge in [0.25, 0.3) is 18.3 Å². The molecule has 1 aromatic rings. The third-order valence-corrected chi connectivity index (χ3v) is 6.90. The lowest BCUT2D eigenvalue weighted by Gasteiger charge is -2.38. The fourth-order valence-corrected chi connectivity index (χ4v) is 4.54. The van der Waals surface area contributed by atoms with Crippen molar-refractivity contribution < 1.29 is 58.6 Å². The number of carboxylic acids is 1. The molecule has 0 aliphatic carbocycles. The first kappa shape index (κ1) is 32.7. The number of nitrogens with zero attached hydrogens (tertiary/aromatic N) is 1. The summed E-state index contributed by atoms with van der Waals surface area (Å²) in [5, 5.41) is 42.4. The smallest absolute Gasteiger partial charge is 0.335 e. The number of aryl methyl sites for hydroxylation is 1. The Labute approximate surface area is 241 Å². The first-order chi connectivity index (χ1) is 20.1. The highest BCUT2D eigenvalue weighted by molar-refractivity contribution is 6.12. The van der Waals surface area contributed by atoms with Crippen LogP contribution in [0.1, 0.15) is 49.7 Å². The summed E-state index contributed by atoms with van der Waals surface area (Å²) in [6, 6.07) is 5.03. The van der Waals surface area contributed by atoms with Crippen molar-refractivity contribution in [1.82, 2.24) is 10.2 Å². The molecule has 1 saturated heterocycles. The van der Waals surface area contributed by atoms with E-state index in [0.717, 1.165) is 5.56 Å². The van der Waals surface area contributed by atoms with Gasteiger partial charge in [0, 0.05) is 37.2 Å². The number of aliphatic hydroxyl groups excluding tert-OH is 3. The Morgan fingerprint density at radius 3 is 2.40 bits per heavy atom. The molecule has 42 heavy (non-hydrogen) atoms. The molecule has 3 rings (SSSR count). The van der Waals surface area contributed by atoms with Gasteiger partial charge < -0.3 is 40.0 Å². The maximum Gasteiger partial charge on any atom is 0.335 e. The minimum absolute atomic E-state index is 0.0850. The molecule has 0 radical (unpaired) electrons. The average molecular weight is 593 g/mol. The summed E-state index contributed by atoms with van der Waals surface area (Å²) in [7, 11) is 0. The second kappa shape index (κ2) is 16.0. The molecule has 2 heterocycles. The van der Waals surface area contributed by atoms with Gasteiger partial charge in [-0.2, -0.15) is 0 Å². The lowest BCUT2D eigenvalue weighted by molar-refractivity contribution is -0.271. The zero-order valence-electron chi connectivity index (χ0n) is 22.9. The lowest BCUT2D eigenvalue weighted by atomic mass is 9.99. The zero-order valence-corrected chi connectivity index (χ0v) is 22.9. The number of hydrogen-bond acceptors (Lipinski definition) is 11. The number of hydrogen-bond donors (Lipinski definition) is 5. The predicted octanol–water partition coefficient (Wildman–Crippen LogP) is -0.445. The normalized spacial score (nSPS) is 23.6. The van der Waals surface area contributed by atoms with Crippen molar-refractivity contribution in [1.29, 1.82) is 0 Å². The quantitative estimate of drug-likeness (QED) is 0.0885. The van der Waals surface area contributed by atoms with E-state index in [0.29, 0.717) is 63.6 Å². The van der Waals surface area contributed by atoms with Gasteiger partial charge in [0.15, 0.2) is 6.10 Å². The Morgan fingerprint density at radius 1 is 0.976 bits per heavy atom. The van der Waals surface area contributed by atoms with Gasteiger partial charge in [0.1, 0.15) is 30.7 Å². The highest BCUT2D eigenvalue weighted by atomic mass is 16.7. The third kappa shape index (κ3) is 9.08. The monoisotopic (exact) mass is 592 g/mol. The molecule has 0 spiro atoms. The minimum atomic E-state index is -1.86. The maximum atomic E-state index is 12.1. The molecular weight excluding hydrogens is 556 g/mol. The first-order valence-corrected chi connectivity index (χ1v) is 13.7. The Morgan fingerprint density at radius 2 is 1.71 bits per heavy atom. The number of carboxylic acid groups (broad SMARTS) is 1. The number of carbonyl (C=O) groups is 5. The summed E-state index contributed by atoms with van der Waals surface area (Å²) in [4.78, 5) is 58.4. The van der Waals surface area contributed by atoms with E-state index in [9.17, 15) is 44.4 Å². The molecule has 0 bridgehead atoms. The van der Waals surface area contributed by atoms with E-state index in [4.69, 9.17) is 14.2 Å². The number of aliphatic carboxylic acids is 1. The van der Waals surface area contributed by atoms with Crippen LogP contribution in [0.2, 0.25) is 0 Å². The van der Waals surface area contributed by atoms with Crippen molar-refractivity contribution in [2.24, 2.45) is 0 Å². The number of imide groups is 1. The molecule has 14 heteroatoms. The molecule has 5 atom stereocenters. The maximum absolute atomic E-state index is 12.1. The molecule has 230 valence electrons. The fraction of sp³-hybridized carbons (Fsp3) is 0.536. The fourth-order valence-electron chi connectivity index (χ4n) is 4.54. The summed E-state index contributed by atoms with van der Waals surface area (Å²) in [6.45, 7) is 0.878. The van der Waals surface area contributed by atoms with Crippen LogP contribution in [0.4, 0.5) is 0 Å². The van der Waals surface area contributed by atoms with E-state index in [2.05, 4.69) is 5.32 Å². The van der Waals surface area contributed by atoms with Crippen LogP contribution in [-0.2, 0) is 46.5 Å². The second-order valence-corrected chi connectivity index (χ2v) is 9.98. The Bertz CT molecular complexity index is 1140. The molecule has 0 aromatic heterocycles. The highest BCUT2D eigenvalue weighted by Gasteiger charge is 2.48. The molecule has 0 unspecified atom stereocenters. The van der Waals surface area contributed by atoms with Crippen molar-refractivity contribution in [3.05, 3.63) is 41.5 Å². The number of carbonyl (C=O) groups excluding carboxylic acids is 4. The predicted molar refractivity (Wildman–Crippen MR) is 143 cm³/mol. The summed E-state index contributed by atoms with van der Waals surface area (Å²) in [5.41, 5.74) is 1.20. The van der Waals surface area contributed by atoms with E-state index in [1.54, 1.807) is 18.2 Å². The molecule has 3 amide bonds. The van der Waals surface area contributed by atoms with Crippen LogP contribution in [0.3, 0.4) is 0 Å². The van der Waals surface area contributed by atoms with Crippen molar-refractivity contribution >= 4 is 30.2 Å². The zero-order chi connectivity index (χ0) is 30.6. The van der Waals surface area contributed by atoms with Gasteiger partial charge >= 0.3 is 5.97 Å². The average Bonchev–Trinajstić information content (AvgIpc) is 3.28. The molecule has 1 fully saturated rings. The Balaban J connectivity index is 1.42. The topological polar surface area (TPSA) is 209 Å². The van der Waals surface area contributed by atoms with Crippen molar-refractivity contribution in [3.8, 4) is 5.75 Å². The Hall–Kier alpha value is -3.85. The van der Waals surface area contributed by atoms with Crippen LogP contribution < -0.4 is 10.1 Å². The van der Waals surface area contributed by atoms with Crippen molar-refractivity contribution in [2.45, 2.75) is 82.3 Å². The number of benzene rings is 1. The van der Waals surface area contributed by atoms with Crippen molar-refractivity contribution in [2.75, 3.05) is 13.1 Å². The van der Waals surface area contributed by atoms with Crippen molar-refractivity contribution in [3.63, 3.8) is 0 Å². The molecular formula is C28H36N2O12. The van der Waals surface area contributed by atoms with E-state index < -0.39 is 36.7 Å². The molecule has 2 aliphatic heterocycles. The van der Waals surface area contributed by atoms with Gasteiger partial charge in [-0.05, 0) is 43.7 Å². The standard InChI is InChI=1S/C28H36N2O12/c31-16-40-15-18-9-8-17(14-19(18)41-28-25(37)23(35)24(36)26(42-28)27(38)39)6-3-4-12-29-20(32)7-2-1-5-13-30-21(33)10-11-22(30)34/h8-11,14,16,23-26,28,35-37H,1-7,12-13,15H2,(H,29,32)(H,38,39)/t23-,24-,25+,26-,28+/m0/s1. The molecule has 5 N–H and O–H groups in total. The summed E-state index contributed by atoms with van der Waals surface area (Å²) >= 11 is 0. The van der Waals surface area contributed by atoms with Crippen LogP contribution in [0.25, 0.3) is 0 Å². The van der Waals surface area contributed by atoms with E-state index in [-0.39, 0.29) is 36.6 Å². The van der Waals surface area contributed by atoms with Crippen LogP contribution in [0, 0.1) is 0 Å². The van der Waals surface area contributed by atoms with Gasteiger partial charge in [0.05, 0.1) is 0 Å². The summed E-state index contributed by atoms with van der Waals surface area (Å²) in [5.74, 6) is -2.11. The van der Waals surface area contributed by atoms with Gasteiger partial charge in [-0.25, -0.2) is 4.79 Å². The molecule has 2 aliphatic rings. The van der Waals surface area contributed by atoms with E-state index in [1.807, 2.05) is 0 Å². The van der Waals surface area contributed by atoms with E-state index >= 15 is 0 Å². The molecule has 14 nitrogen and oxygen atoms in total. The number of unbranched alkanes of at least 4 members (excludes halogenated alkanes) is 3. The second-order valence-electron chi connectivity index (χ2n) is 9.98. The van der Waals surface area contributed by atoms with Crippen LogP contribution in [-0.4, -0.2) is 99.3 Å². The van der Waals surface area contributed by atoms with Gasteiger partial charge in [0.2, 0.25) is 12.2 Å². The third-order valence-electron chi connectivity index (χ3n) is 6.90. The van der Waals surface area contributed by atoms with E-state index in [1.165, 1.54) is 17.1 Å². The number of ether oxygens (including phenoxy) is 3. The number of nitrogens with one attached hydrogen (secondary N) is 1. The largest absolute Gasteiger partial charge is 0.479 e. The highest BCUT2D eigenvalue weighted by Crippen LogP contribution is 2.28. The lowest BCUT2D eigenvalue weighted by Crippen LogP contribution is -2.61. The summed E-state index contributed by atoms with van der Waals surface area (Å²) < 4.78 is 15.7. The SMILES string of the molecule is O=COCc1ccc(CCCCNC(=O)CCCCCN2C(=O)C=CC2=O)cc1O[C@@H]1O[C@H](C(=O)O)[C@@H](O)[C@H](O)[C@H]1O. The molecule has 0 saturated carbocycles. The number of amides is 3. The number of aliphatic hydroxyl groups is 3. The summed E-state index contributed by atoms with van der Waals surface area (Å²) in [6.07, 6.45) is -2.12. The Kier molecular flexibility index (Phi) is 12.4. The van der Waals surface area contributed by atoms with Crippen LogP contribution in [0.15, 0.2) is 30.4 Å². The number of rotatable bonds is 17. The molecule has 1 aromatic carbocycles. The van der Waals surface area contributed by atoms with Gasteiger partial charge in [-0.1, -0.05) is 18.6 Å². The minimum Gasteiger partial charge on any atom is -0.479 e. The van der Waals surface area contributed by atoms with Gasteiger partial charge in [-0.3, -0.25) is 24.1 Å².